The summed E-state index contributed by atoms with van der Waals surface area (Å²) in [5.41, 5.74) is 22.3. The molecule has 2 heteroatoms. The summed E-state index contributed by atoms with van der Waals surface area (Å²) in [4.78, 5) is 0. The Bertz CT molecular complexity index is 3020. The molecule has 8 aromatic carbocycles. The highest BCUT2D eigenvalue weighted by atomic mass is 32.1. The number of fused-ring (bicyclic) bond motifs is 24. The lowest BCUT2D eigenvalue weighted by molar-refractivity contribution is 1.26. The first-order chi connectivity index (χ1) is 25.8. The zero-order valence-electron chi connectivity index (χ0n) is 28.1. The van der Waals surface area contributed by atoms with Crippen molar-refractivity contribution in [2.45, 2.75) is 12.8 Å². The summed E-state index contributed by atoms with van der Waals surface area (Å²) in [6, 6.07) is 55.6. The minimum Gasteiger partial charge on any atom is -0.135 e. The Labute approximate surface area is 308 Å². The maximum Gasteiger partial charge on any atom is 0.0440 e. The topological polar surface area (TPSA) is 0 Å². The van der Waals surface area contributed by atoms with Gasteiger partial charge in [-0.3, -0.25) is 0 Å². The van der Waals surface area contributed by atoms with E-state index >= 15 is 0 Å². The van der Waals surface area contributed by atoms with Gasteiger partial charge in [0.1, 0.15) is 0 Å². The van der Waals surface area contributed by atoms with Crippen LogP contribution in [0.1, 0.15) is 22.3 Å². The van der Waals surface area contributed by atoms with Crippen LogP contribution in [0.2, 0.25) is 0 Å². The summed E-state index contributed by atoms with van der Waals surface area (Å²) in [6.07, 6.45) is 1.90. The molecule has 0 spiro atoms. The Morgan fingerprint density at radius 2 is 0.673 bits per heavy atom. The van der Waals surface area contributed by atoms with E-state index in [0.717, 1.165) is 12.8 Å². The van der Waals surface area contributed by atoms with Crippen molar-refractivity contribution >= 4 is 63.0 Å². The molecule has 3 aliphatic carbocycles. The number of thiophene rings is 2. The van der Waals surface area contributed by atoms with Gasteiger partial charge >= 0.3 is 0 Å². The van der Waals surface area contributed by atoms with Gasteiger partial charge in [-0.05, 0) is 103 Å². The molecule has 0 aliphatic heterocycles. The maximum absolute atomic E-state index is 2.47. The molecule has 0 saturated carbocycles. The molecule has 0 atom stereocenters. The van der Waals surface area contributed by atoms with Crippen LogP contribution in [0.15, 0.2) is 146 Å². The second-order valence-corrected chi connectivity index (χ2v) is 16.7. The van der Waals surface area contributed by atoms with E-state index in [-0.39, 0.29) is 0 Å². The Balaban J connectivity index is 1.26. The molecular weight excluding hydrogens is 665 g/mol. The number of rotatable bonds is 0. The van der Waals surface area contributed by atoms with E-state index in [9.17, 15) is 0 Å². The monoisotopic (exact) mass is 692 g/mol. The second kappa shape index (κ2) is 9.95. The number of hydrogen-bond acceptors (Lipinski definition) is 2. The van der Waals surface area contributed by atoms with Gasteiger partial charge in [-0.15, -0.1) is 22.7 Å². The summed E-state index contributed by atoms with van der Waals surface area (Å²) >= 11 is 3.93. The third-order valence-electron chi connectivity index (χ3n) is 12.1. The molecule has 0 nitrogen and oxygen atoms in total. The SMILES string of the molecule is c1ccc2c(c1)Cc1c-2ccc2c1-c1c(ccc3c1sc1ccccc13)-c1ccc3c(sc4ccccc43)c1-c1c-2ccc2c1Cc1ccccc1-2. The van der Waals surface area contributed by atoms with Crippen molar-refractivity contribution in [2.24, 2.45) is 0 Å². The van der Waals surface area contributed by atoms with Crippen molar-refractivity contribution in [3.8, 4) is 66.8 Å². The van der Waals surface area contributed by atoms with Crippen molar-refractivity contribution < 1.29 is 0 Å². The quantitative estimate of drug-likeness (QED) is 0.148. The number of benzene rings is 8. The third-order valence-corrected chi connectivity index (χ3v) is 14.6. The van der Waals surface area contributed by atoms with E-state index in [4.69, 9.17) is 0 Å². The largest absolute Gasteiger partial charge is 0.135 e. The van der Waals surface area contributed by atoms with Crippen LogP contribution < -0.4 is 0 Å². The Morgan fingerprint density at radius 3 is 1.17 bits per heavy atom. The Morgan fingerprint density at radius 1 is 0.288 bits per heavy atom. The van der Waals surface area contributed by atoms with E-state index in [1.165, 1.54) is 129 Å². The van der Waals surface area contributed by atoms with Crippen LogP contribution in [0.4, 0.5) is 0 Å². The van der Waals surface area contributed by atoms with Gasteiger partial charge in [-0.25, -0.2) is 0 Å². The van der Waals surface area contributed by atoms with Crippen molar-refractivity contribution in [1.82, 2.24) is 0 Å². The Hall–Kier alpha value is -5.80. The van der Waals surface area contributed by atoms with Crippen LogP contribution in [0.3, 0.4) is 0 Å². The van der Waals surface area contributed by atoms with Crippen molar-refractivity contribution in [2.75, 3.05) is 0 Å². The van der Waals surface area contributed by atoms with E-state index in [1.807, 2.05) is 22.7 Å². The molecular formula is C50H28S2. The number of hydrogen-bond donors (Lipinski definition) is 0. The van der Waals surface area contributed by atoms with Crippen molar-refractivity contribution in [3.63, 3.8) is 0 Å². The molecule has 240 valence electrons. The van der Waals surface area contributed by atoms with Crippen LogP contribution in [0, 0.1) is 0 Å². The molecule has 13 rings (SSSR count). The second-order valence-electron chi connectivity index (χ2n) is 14.6. The molecule has 0 N–H and O–H groups in total. The normalized spacial score (nSPS) is 13.2. The van der Waals surface area contributed by atoms with E-state index in [1.54, 1.807) is 0 Å². The van der Waals surface area contributed by atoms with E-state index < -0.39 is 0 Å². The summed E-state index contributed by atoms with van der Waals surface area (Å²) < 4.78 is 5.48. The lowest BCUT2D eigenvalue weighted by atomic mass is 9.76. The van der Waals surface area contributed by atoms with Crippen molar-refractivity contribution in [3.05, 3.63) is 168 Å². The average Bonchev–Trinajstić information content (AvgIpc) is 3.96. The predicted molar refractivity (Wildman–Crippen MR) is 224 cm³/mol. The molecule has 3 aliphatic rings. The van der Waals surface area contributed by atoms with E-state index in [2.05, 4.69) is 146 Å². The van der Waals surface area contributed by atoms with Gasteiger partial charge in [0, 0.05) is 51.5 Å². The molecule has 0 fully saturated rings. The third kappa shape index (κ3) is 3.47. The summed E-state index contributed by atoms with van der Waals surface area (Å²) in [7, 11) is 0. The first-order valence-corrected chi connectivity index (χ1v) is 19.8. The lowest BCUT2D eigenvalue weighted by Gasteiger charge is -2.27. The molecule has 52 heavy (non-hydrogen) atoms. The van der Waals surface area contributed by atoms with Gasteiger partial charge in [-0.1, -0.05) is 133 Å². The molecule has 10 aromatic rings. The predicted octanol–water partition coefficient (Wildman–Crippen LogP) is 14.5. The first kappa shape index (κ1) is 27.9. The van der Waals surface area contributed by atoms with Gasteiger partial charge in [0.25, 0.3) is 0 Å². The fourth-order valence-electron chi connectivity index (χ4n) is 9.97. The minimum atomic E-state index is 0.948. The maximum atomic E-state index is 2.47. The van der Waals surface area contributed by atoms with Crippen LogP contribution >= 0.6 is 22.7 Å². The Kier molecular flexibility index (Phi) is 5.33. The van der Waals surface area contributed by atoms with Crippen LogP contribution in [0.25, 0.3) is 107 Å². The highest BCUT2D eigenvalue weighted by Gasteiger charge is 2.34. The molecule has 2 heterocycles. The molecule has 2 aromatic heterocycles. The smallest absolute Gasteiger partial charge is 0.0440 e. The highest BCUT2D eigenvalue weighted by Crippen LogP contribution is 2.59. The first-order valence-electron chi connectivity index (χ1n) is 18.2. The van der Waals surface area contributed by atoms with Gasteiger partial charge in [0.05, 0.1) is 0 Å². The molecule has 0 saturated heterocycles. The fraction of sp³-hybridized carbons (Fsp3) is 0.0400. The average molecular weight is 693 g/mol. The molecule has 0 bridgehead atoms. The zero-order chi connectivity index (χ0) is 33.7. The van der Waals surface area contributed by atoms with Crippen LogP contribution in [0.5, 0.6) is 0 Å². The van der Waals surface area contributed by atoms with Gasteiger partial charge < -0.3 is 0 Å². The zero-order valence-corrected chi connectivity index (χ0v) is 29.7. The summed E-state index contributed by atoms with van der Waals surface area (Å²) in [6.45, 7) is 0. The van der Waals surface area contributed by atoms with E-state index in [0.29, 0.717) is 0 Å². The van der Waals surface area contributed by atoms with Gasteiger partial charge in [-0.2, -0.15) is 0 Å². The highest BCUT2D eigenvalue weighted by molar-refractivity contribution is 7.27. The van der Waals surface area contributed by atoms with Crippen LogP contribution in [-0.2, 0) is 12.8 Å². The molecule has 0 radical (unpaired) electrons. The summed E-state index contributed by atoms with van der Waals surface area (Å²) in [5, 5.41) is 5.41. The molecule has 0 unspecified atom stereocenters. The lowest BCUT2D eigenvalue weighted by Crippen LogP contribution is -2.03. The molecule has 0 amide bonds. The minimum absolute atomic E-state index is 0.948. The van der Waals surface area contributed by atoms with Gasteiger partial charge in [0.2, 0.25) is 0 Å². The fourth-order valence-corrected chi connectivity index (χ4v) is 12.5. The van der Waals surface area contributed by atoms with Gasteiger partial charge in [0.15, 0.2) is 0 Å². The van der Waals surface area contributed by atoms with Crippen LogP contribution in [-0.4, -0.2) is 0 Å². The van der Waals surface area contributed by atoms with Crippen molar-refractivity contribution in [1.29, 1.82) is 0 Å². The standard InChI is InChI=1S/C50H28S2/c1-3-11-29-27(9-1)25-41-31(29)17-19-35-36-20-18-32-30-12-4-2-10-28(30)26-42(32)46(36)48-38(22-24-40-34-14-6-8-16-44(34)52-50(40)48)37-21-23-39-33-13-5-7-15-43(33)51-49(39)47(37)45(35)41/h1-24H,25-26H2. The summed E-state index contributed by atoms with van der Waals surface area (Å²) in [5.74, 6) is 0.